The molecule has 3 aliphatic rings. The fourth-order valence-corrected chi connectivity index (χ4v) is 6.82. The maximum absolute atomic E-state index is 14.3. The van der Waals surface area contributed by atoms with E-state index in [4.69, 9.17) is 14.5 Å². The molecule has 44 heavy (non-hydrogen) atoms. The van der Waals surface area contributed by atoms with Crippen LogP contribution in [0.25, 0.3) is 16.6 Å². The Bertz CT molecular complexity index is 1720. The highest BCUT2D eigenvalue weighted by molar-refractivity contribution is 5.82. The Morgan fingerprint density at radius 2 is 1.86 bits per heavy atom. The van der Waals surface area contributed by atoms with Crippen molar-refractivity contribution in [3.63, 3.8) is 0 Å². The lowest BCUT2D eigenvalue weighted by Crippen LogP contribution is -2.34. The van der Waals surface area contributed by atoms with Gasteiger partial charge in [0.2, 0.25) is 5.95 Å². The van der Waals surface area contributed by atoms with Crippen molar-refractivity contribution in [2.75, 3.05) is 31.6 Å². The lowest BCUT2D eigenvalue weighted by atomic mass is 9.89. The van der Waals surface area contributed by atoms with Gasteiger partial charge in [0, 0.05) is 48.4 Å². The predicted molar refractivity (Wildman–Crippen MR) is 173 cm³/mol. The number of benzene rings is 1. The Hall–Kier alpha value is -4.08. The Labute approximate surface area is 257 Å². The molecule has 2 N–H and O–H groups in total. The molecule has 0 bridgehead atoms. The van der Waals surface area contributed by atoms with E-state index in [1.54, 1.807) is 0 Å². The second kappa shape index (κ2) is 12.9. The number of pyridine rings is 2. The van der Waals surface area contributed by atoms with Crippen molar-refractivity contribution in [1.29, 1.82) is 0 Å². The summed E-state index contributed by atoms with van der Waals surface area (Å²) in [5.74, 6) is 1.67. The number of rotatable bonds is 8. The number of piperidine rings is 1. The molecule has 1 aromatic carbocycles. The number of hydrogen-bond acceptors (Lipinski definition) is 8. The smallest absolute Gasteiger partial charge is 0.260 e. The van der Waals surface area contributed by atoms with E-state index in [-0.39, 0.29) is 11.7 Å². The third-order valence-corrected chi connectivity index (χ3v) is 9.28. The van der Waals surface area contributed by atoms with Crippen molar-refractivity contribution in [2.24, 2.45) is 0 Å². The molecule has 0 amide bonds. The number of aromatic nitrogens is 4. The van der Waals surface area contributed by atoms with Gasteiger partial charge < -0.3 is 20.1 Å². The predicted octanol–water partition coefficient (Wildman–Crippen LogP) is 5.96. The van der Waals surface area contributed by atoms with Crippen LogP contribution in [0.3, 0.4) is 0 Å². The summed E-state index contributed by atoms with van der Waals surface area (Å²) in [4.78, 5) is 28.3. The molecule has 2 saturated heterocycles. The normalized spacial score (nSPS) is 18.2. The first-order chi connectivity index (χ1) is 21.6. The van der Waals surface area contributed by atoms with E-state index in [0.29, 0.717) is 24.1 Å². The first-order valence-corrected chi connectivity index (χ1v) is 16.0. The maximum Gasteiger partial charge on any atom is 0.260 e. The molecule has 5 heterocycles. The number of allylic oxidation sites excluding steroid dienone is 2. The van der Waals surface area contributed by atoms with Crippen molar-refractivity contribution < 1.29 is 9.47 Å². The van der Waals surface area contributed by atoms with Gasteiger partial charge in [0.15, 0.2) is 0 Å². The monoisotopic (exact) mass is 592 g/mol. The standard InChI is InChI=1S/C35H40N6O3/c1-23-3-2-4-30(23)31-19-26-20-38-35(39-27-5-7-28(8-6-27)44-29-10-15-36-16-11-29)40-33(26)41(34(31)42)22-25-9-14-37-21-32(25)24-12-17-43-18-13-24/h5-9,14,19-21,24,29,36H,2-4,10-13,15-18,22H2,1H3,(H,38,39,40). The number of hydrogen-bond donors (Lipinski definition) is 2. The summed E-state index contributed by atoms with van der Waals surface area (Å²) >= 11 is 0. The fraction of sp³-hybridized carbons (Fsp3) is 0.429. The number of nitrogens with zero attached hydrogens (tertiary/aromatic N) is 4. The molecular formula is C35H40N6O3. The van der Waals surface area contributed by atoms with Gasteiger partial charge in [0.05, 0.1) is 6.54 Å². The molecule has 0 saturated carbocycles. The average Bonchev–Trinajstić information content (AvgIpc) is 3.50. The van der Waals surface area contributed by atoms with E-state index >= 15 is 0 Å². The molecule has 1 aliphatic carbocycles. The van der Waals surface area contributed by atoms with Crippen LogP contribution >= 0.6 is 0 Å². The van der Waals surface area contributed by atoms with Crippen LogP contribution in [-0.2, 0) is 11.3 Å². The van der Waals surface area contributed by atoms with Gasteiger partial charge in [-0.05, 0) is 124 Å². The average molecular weight is 593 g/mol. The second-order valence-corrected chi connectivity index (χ2v) is 12.2. The zero-order valence-corrected chi connectivity index (χ0v) is 25.3. The summed E-state index contributed by atoms with van der Waals surface area (Å²) in [6.45, 7) is 6.05. The van der Waals surface area contributed by atoms with Crippen molar-refractivity contribution in [3.8, 4) is 5.75 Å². The van der Waals surface area contributed by atoms with Gasteiger partial charge in [-0.3, -0.25) is 14.3 Å². The number of ether oxygens (including phenoxy) is 2. The summed E-state index contributed by atoms with van der Waals surface area (Å²) in [5.41, 5.74) is 6.99. The highest BCUT2D eigenvalue weighted by Crippen LogP contribution is 2.34. The molecular weight excluding hydrogens is 552 g/mol. The minimum atomic E-state index is -0.00689. The van der Waals surface area contributed by atoms with Gasteiger partial charge in [-0.25, -0.2) is 4.98 Å². The van der Waals surface area contributed by atoms with Crippen LogP contribution in [0.15, 0.2) is 65.4 Å². The van der Waals surface area contributed by atoms with E-state index < -0.39 is 0 Å². The molecule has 0 atom stereocenters. The van der Waals surface area contributed by atoms with Crippen LogP contribution in [0.4, 0.5) is 11.6 Å². The zero-order chi connectivity index (χ0) is 29.9. The molecule has 9 nitrogen and oxygen atoms in total. The molecule has 7 rings (SSSR count). The molecule has 0 radical (unpaired) electrons. The highest BCUT2D eigenvalue weighted by Gasteiger charge is 2.23. The highest BCUT2D eigenvalue weighted by atomic mass is 16.5. The first kappa shape index (κ1) is 28.7. The van der Waals surface area contributed by atoms with E-state index in [0.717, 1.165) is 99.2 Å². The Morgan fingerprint density at radius 1 is 1.05 bits per heavy atom. The van der Waals surface area contributed by atoms with Crippen LogP contribution in [0.5, 0.6) is 5.75 Å². The molecule has 9 heteroatoms. The minimum absolute atomic E-state index is 0.00689. The SMILES string of the molecule is CC1=C(c2cc3cnc(Nc4ccc(OC5CCNCC5)cc4)nc3n(Cc3ccncc3C3CCOCC3)c2=O)CCC1. The van der Waals surface area contributed by atoms with Gasteiger partial charge in [-0.15, -0.1) is 0 Å². The third kappa shape index (κ3) is 6.12. The Kier molecular flexibility index (Phi) is 8.39. The summed E-state index contributed by atoms with van der Waals surface area (Å²) in [6.07, 6.45) is 12.8. The van der Waals surface area contributed by atoms with Crippen LogP contribution < -0.4 is 20.9 Å². The number of fused-ring (bicyclic) bond motifs is 1. The molecule has 0 spiro atoms. The van der Waals surface area contributed by atoms with Crippen LogP contribution in [-0.4, -0.2) is 51.9 Å². The summed E-state index contributed by atoms with van der Waals surface area (Å²) < 4.78 is 13.6. The summed E-state index contributed by atoms with van der Waals surface area (Å²) in [7, 11) is 0. The summed E-state index contributed by atoms with van der Waals surface area (Å²) in [6, 6.07) is 11.9. The molecule has 2 fully saturated rings. The van der Waals surface area contributed by atoms with E-state index in [2.05, 4.69) is 27.5 Å². The second-order valence-electron chi connectivity index (χ2n) is 12.2. The lowest BCUT2D eigenvalue weighted by molar-refractivity contribution is 0.0851. The maximum atomic E-state index is 14.3. The molecule has 0 unspecified atom stereocenters. The Morgan fingerprint density at radius 3 is 2.64 bits per heavy atom. The van der Waals surface area contributed by atoms with Gasteiger partial charge in [-0.1, -0.05) is 5.57 Å². The Balaban J connectivity index is 1.23. The molecule has 4 aromatic rings. The van der Waals surface area contributed by atoms with E-state index in [9.17, 15) is 4.79 Å². The topological polar surface area (TPSA) is 103 Å². The van der Waals surface area contributed by atoms with Crippen molar-refractivity contribution >= 4 is 28.2 Å². The molecule has 228 valence electrons. The van der Waals surface area contributed by atoms with E-state index in [1.165, 1.54) is 16.7 Å². The lowest BCUT2D eigenvalue weighted by Gasteiger charge is -2.24. The third-order valence-electron chi connectivity index (χ3n) is 9.28. The van der Waals surface area contributed by atoms with Gasteiger partial charge in [0.25, 0.3) is 5.56 Å². The van der Waals surface area contributed by atoms with Gasteiger partial charge in [-0.2, -0.15) is 4.98 Å². The minimum Gasteiger partial charge on any atom is -0.490 e. The quantitative estimate of drug-likeness (QED) is 0.258. The van der Waals surface area contributed by atoms with E-state index in [1.807, 2.05) is 59.6 Å². The van der Waals surface area contributed by atoms with Crippen molar-refractivity contribution in [1.82, 2.24) is 24.8 Å². The number of nitrogens with one attached hydrogen (secondary N) is 2. The van der Waals surface area contributed by atoms with Crippen molar-refractivity contribution in [2.45, 2.75) is 70.4 Å². The molecule has 2 aliphatic heterocycles. The number of anilines is 2. The zero-order valence-electron chi connectivity index (χ0n) is 25.3. The van der Waals surface area contributed by atoms with Crippen LogP contribution in [0, 0.1) is 0 Å². The largest absolute Gasteiger partial charge is 0.490 e. The molecule has 3 aromatic heterocycles. The van der Waals surface area contributed by atoms with Gasteiger partial charge >= 0.3 is 0 Å². The first-order valence-electron chi connectivity index (χ1n) is 16.0. The fourth-order valence-electron chi connectivity index (χ4n) is 6.82. The van der Waals surface area contributed by atoms with Crippen LogP contribution in [0.2, 0.25) is 0 Å². The van der Waals surface area contributed by atoms with Crippen molar-refractivity contribution in [3.05, 3.63) is 87.6 Å². The van der Waals surface area contributed by atoms with Gasteiger partial charge in [0.1, 0.15) is 17.5 Å². The van der Waals surface area contributed by atoms with Crippen LogP contribution in [0.1, 0.15) is 74.5 Å². The summed E-state index contributed by atoms with van der Waals surface area (Å²) in [5, 5.41) is 7.56.